The Hall–Kier alpha value is -1.16. The van der Waals surface area contributed by atoms with Crippen molar-refractivity contribution in [3.05, 3.63) is 35.9 Å². The zero-order valence-corrected chi connectivity index (χ0v) is 21.0. The van der Waals surface area contributed by atoms with Gasteiger partial charge in [0.2, 0.25) is 5.91 Å². The SMILES string of the molecule is CCS(=O)C1CCCC(NC(=NCC(=O)N(C)C)NC(C)c2ccccc2)C1.I. The molecule has 1 aromatic rings. The highest BCUT2D eigenvalue weighted by molar-refractivity contribution is 14.0. The number of amides is 1. The third-order valence-electron chi connectivity index (χ3n) is 5.15. The van der Waals surface area contributed by atoms with Crippen LogP contribution in [0.4, 0.5) is 0 Å². The molecule has 1 saturated carbocycles. The molecule has 1 aliphatic carbocycles. The van der Waals surface area contributed by atoms with Crippen molar-refractivity contribution in [1.29, 1.82) is 0 Å². The molecule has 0 spiro atoms. The van der Waals surface area contributed by atoms with Crippen molar-refractivity contribution in [2.45, 2.75) is 56.9 Å². The first kappa shape index (κ1) is 25.9. The monoisotopic (exact) mass is 534 g/mol. The Morgan fingerprint density at radius 1 is 1.28 bits per heavy atom. The number of benzene rings is 1. The minimum atomic E-state index is -0.768. The van der Waals surface area contributed by atoms with Gasteiger partial charge in [-0.2, -0.15) is 0 Å². The Balaban J connectivity index is 0.00000420. The number of hydrogen-bond donors (Lipinski definition) is 2. The van der Waals surface area contributed by atoms with E-state index in [4.69, 9.17) is 0 Å². The molecule has 0 bridgehead atoms. The average molecular weight is 535 g/mol. The van der Waals surface area contributed by atoms with E-state index in [1.807, 2.05) is 25.1 Å². The Bertz CT molecular complexity index is 685. The first-order valence-corrected chi connectivity index (χ1v) is 11.5. The van der Waals surface area contributed by atoms with Gasteiger partial charge in [-0.25, -0.2) is 4.99 Å². The summed E-state index contributed by atoms with van der Waals surface area (Å²) in [6.07, 6.45) is 3.99. The van der Waals surface area contributed by atoms with Gasteiger partial charge in [-0.05, 0) is 31.7 Å². The van der Waals surface area contributed by atoms with Crippen LogP contribution in [0.5, 0.6) is 0 Å². The molecule has 4 unspecified atom stereocenters. The molecule has 1 aromatic carbocycles. The number of halogens is 1. The number of aliphatic imine (C=N–C) groups is 1. The number of carbonyl (C=O) groups is 1. The Kier molecular flexibility index (Phi) is 11.8. The number of nitrogens with zero attached hydrogens (tertiary/aromatic N) is 2. The highest BCUT2D eigenvalue weighted by Gasteiger charge is 2.26. The van der Waals surface area contributed by atoms with Crippen molar-refractivity contribution in [3.8, 4) is 0 Å². The van der Waals surface area contributed by atoms with Crippen LogP contribution in [0, 0.1) is 0 Å². The fourth-order valence-corrected chi connectivity index (χ4v) is 4.74. The van der Waals surface area contributed by atoms with E-state index in [1.165, 1.54) is 0 Å². The van der Waals surface area contributed by atoms with Crippen molar-refractivity contribution in [2.24, 2.45) is 4.99 Å². The lowest BCUT2D eigenvalue weighted by Gasteiger charge is -2.31. The molecule has 29 heavy (non-hydrogen) atoms. The summed E-state index contributed by atoms with van der Waals surface area (Å²) in [5.74, 6) is 1.31. The van der Waals surface area contributed by atoms with Crippen LogP contribution in [0.2, 0.25) is 0 Å². The van der Waals surface area contributed by atoms with Crippen LogP contribution in [-0.2, 0) is 15.6 Å². The fraction of sp³-hybridized carbons (Fsp3) is 0.619. The summed E-state index contributed by atoms with van der Waals surface area (Å²) in [6, 6.07) is 10.4. The molecule has 1 aliphatic rings. The summed E-state index contributed by atoms with van der Waals surface area (Å²) in [6.45, 7) is 4.16. The van der Waals surface area contributed by atoms with Gasteiger partial charge in [0.15, 0.2) is 5.96 Å². The van der Waals surface area contributed by atoms with Crippen LogP contribution in [0.1, 0.15) is 51.1 Å². The second kappa shape index (κ2) is 13.2. The van der Waals surface area contributed by atoms with Gasteiger partial charge in [0.25, 0.3) is 0 Å². The predicted octanol–water partition coefficient (Wildman–Crippen LogP) is 3.07. The zero-order chi connectivity index (χ0) is 20.5. The second-order valence-corrected chi connectivity index (χ2v) is 9.53. The second-order valence-electron chi connectivity index (χ2n) is 7.53. The van der Waals surface area contributed by atoms with Crippen LogP contribution in [0.3, 0.4) is 0 Å². The van der Waals surface area contributed by atoms with Gasteiger partial charge in [0.05, 0.1) is 6.04 Å². The molecule has 1 amide bonds. The van der Waals surface area contributed by atoms with E-state index in [0.717, 1.165) is 31.2 Å². The molecule has 164 valence electrons. The summed E-state index contributed by atoms with van der Waals surface area (Å²) in [5, 5.41) is 7.16. The minimum Gasteiger partial charge on any atom is -0.354 e. The molecule has 0 radical (unpaired) electrons. The molecule has 2 rings (SSSR count). The van der Waals surface area contributed by atoms with Crippen LogP contribution >= 0.6 is 24.0 Å². The van der Waals surface area contributed by atoms with E-state index in [0.29, 0.717) is 11.7 Å². The molecule has 0 aliphatic heterocycles. The minimum absolute atomic E-state index is 0. The van der Waals surface area contributed by atoms with E-state index in [2.05, 4.69) is 34.7 Å². The van der Waals surface area contributed by atoms with Crippen molar-refractivity contribution < 1.29 is 9.00 Å². The standard InChI is InChI=1S/C21H34N4O2S.HI/c1-5-28(27)19-13-9-12-18(14-19)24-21(22-15-20(26)25(3)4)23-16(2)17-10-7-6-8-11-17;/h6-8,10-11,16,18-19H,5,9,12-15H2,1-4H3,(H2,22,23,24);1H. The Morgan fingerprint density at radius 2 is 1.97 bits per heavy atom. The van der Waals surface area contributed by atoms with Crippen LogP contribution in [0.15, 0.2) is 35.3 Å². The highest BCUT2D eigenvalue weighted by Crippen LogP contribution is 2.23. The van der Waals surface area contributed by atoms with E-state index in [1.54, 1.807) is 19.0 Å². The smallest absolute Gasteiger partial charge is 0.243 e. The van der Waals surface area contributed by atoms with Gasteiger partial charge in [-0.15, -0.1) is 24.0 Å². The molecule has 6 nitrogen and oxygen atoms in total. The maximum atomic E-state index is 12.2. The lowest BCUT2D eigenvalue weighted by molar-refractivity contribution is -0.127. The normalized spacial score (nSPS) is 21.4. The highest BCUT2D eigenvalue weighted by atomic mass is 127. The summed E-state index contributed by atoms with van der Waals surface area (Å²) >= 11 is 0. The average Bonchev–Trinajstić information content (AvgIpc) is 2.71. The maximum Gasteiger partial charge on any atom is 0.243 e. The van der Waals surface area contributed by atoms with E-state index in [9.17, 15) is 9.00 Å². The van der Waals surface area contributed by atoms with Crippen molar-refractivity contribution in [1.82, 2.24) is 15.5 Å². The van der Waals surface area contributed by atoms with Gasteiger partial charge >= 0.3 is 0 Å². The molecule has 8 heteroatoms. The molecule has 0 heterocycles. The number of nitrogens with one attached hydrogen (secondary N) is 2. The molecule has 2 N–H and O–H groups in total. The van der Waals surface area contributed by atoms with Crippen molar-refractivity contribution in [2.75, 3.05) is 26.4 Å². The summed E-state index contributed by atoms with van der Waals surface area (Å²) < 4.78 is 12.2. The zero-order valence-electron chi connectivity index (χ0n) is 17.9. The summed E-state index contributed by atoms with van der Waals surface area (Å²) in [4.78, 5) is 18.1. The third-order valence-corrected chi connectivity index (χ3v) is 6.89. The number of likely N-dealkylation sites (N-methyl/N-ethyl adjacent to an activating group) is 1. The van der Waals surface area contributed by atoms with Gasteiger partial charge in [0.1, 0.15) is 6.54 Å². The molecule has 0 saturated heterocycles. The van der Waals surface area contributed by atoms with Crippen LogP contribution in [-0.4, -0.2) is 58.7 Å². The lowest BCUT2D eigenvalue weighted by Crippen LogP contribution is -2.47. The Morgan fingerprint density at radius 3 is 2.59 bits per heavy atom. The summed E-state index contributed by atoms with van der Waals surface area (Å²) in [7, 11) is 2.70. The Labute approximate surface area is 194 Å². The van der Waals surface area contributed by atoms with Crippen molar-refractivity contribution in [3.63, 3.8) is 0 Å². The molecular weight excluding hydrogens is 499 g/mol. The van der Waals surface area contributed by atoms with E-state index >= 15 is 0 Å². The van der Waals surface area contributed by atoms with Crippen LogP contribution in [0.25, 0.3) is 0 Å². The van der Waals surface area contributed by atoms with E-state index < -0.39 is 10.8 Å². The van der Waals surface area contributed by atoms with Crippen LogP contribution < -0.4 is 10.6 Å². The molecular formula is C21H35IN4O2S. The summed E-state index contributed by atoms with van der Waals surface area (Å²) in [5.41, 5.74) is 1.16. The lowest BCUT2D eigenvalue weighted by atomic mass is 9.95. The predicted molar refractivity (Wildman–Crippen MR) is 132 cm³/mol. The molecule has 1 fully saturated rings. The fourth-order valence-electron chi connectivity index (χ4n) is 3.40. The topological polar surface area (TPSA) is 73.8 Å². The van der Waals surface area contributed by atoms with Gasteiger partial charge in [-0.3, -0.25) is 9.00 Å². The largest absolute Gasteiger partial charge is 0.354 e. The van der Waals surface area contributed by atoms with Gasteiger partial charge in [-0.1, -0.05) is 43.7 Å². The number of carbonyl (C=O) groups excluding carboxylic acids is 1. The first-order valence-electron chi connectivity index (χ1n) is 10.1. The molecule has 0 aromatic heterocycles. The van der Waals surface area contributed by atoms with Crippen molar-refractivity contribution >= 4 is 46.6 Å². The third kappa shape index (κ3) is 8.62. The van der Waals surface area contributed by atoms with Gasteiger partial charge < -0.3 is 15.5 Å². The maximum absolute atomic E-state index is 12.2. The van der Waals surface area contributed by atoms with Gasteiger partial charge in [0, 0.05) is 41.9 Å². The number of hydrogen-bond acceptors (Lipinski definition) is 3. The first-order chi connectivity index (χ1) is 13.4. The molecule has 4 atom stereocenters. The number of rotatable bonds is 7. The number of guanidine groups is 1. The van der Waals surface area contributed by atoms with E-state index in [-0.39, 0.29) is 53.8 Å². The quantitative estimate of drug-likeness (QED) is 0.321.